The van der Waals surface area contributed by atoms with Gasteiger partial charge in [-0.3, -0.25) is 9.69 Å². The molecule has 0 unspecified atom stereocenters. The zero-order chi connectivity index (χ0) is 19.7. The number of carbonyl (C=O) groups excluding carboxylic acids is 1. The first-order valence-corrected chi connectivity index (χ1v) is 10.2. The molecule has 2 aromatic rings. The van der Waals surface area contributed by atoms with E-state index in [-0.39, 0.29) is 5.91 Å². The largest absolute Gasteiger partial charge is 0.361 e. The minimum Gasteiger partial charge on any atom is -0.361 e. The number of pyridine rings is 1. The molecule has 7 heteroatoms. The minimum atomic E-state index is -0.0629. The summed E-state index contributed by atoms with van der Waals surface area (Å²) in [5.74, 6) is 2.36. The number of nitrogens with zero attached hydrogens (tertiary/aromatic N) is 4. The third-order valence-electron chi connectivity index (χ3n) is 6.04. The van der Waals surface area contributed by atoms with Crippen LogP contribution in [0.1, 0.15) is 43.2 Å². The van der Waals surface area contributed by atoms with Gasteiger partial charge in [0.2, 0.25) is 5.91 Å². The van der Waals surface area contributed by atoms with Gasteiger partial charge in [-0.25, -0.2) is 4.98 Å². The molecule has 2 saturated heterocycles. The molecular formula is C21H29N5O2. The predicted octanol–water partition coefficient (Wildman–Crippen LogP) is 3.14. The molecule has 0 aliphatic carbocycles. The average Bonchev–Trinajstić information content (AvgIpc) is 3.14. The van der Waals surface area contributed by atoms with Crippen LogP contribution in [-0.4, -0.2) is 46.6 Å². The summed E-state index contributed by atoms with van der Waals surface area (Å²) >= 11 is 0. The third kappa shape index (κ3) is 3.76. The predicted molar refractivity (Wildman–Crippen MR) is 108 cm³/mol. The van der Waals surface area contributed by atoms with Crippen molar-refractivity contribution in [3.8, 4) is 0 Å². The smallest absolute Gasteiger partial charge is 0.221 e. The molecule has 0 aromatic carbocycles. The van der Waals surface area contributed by atoms with Crippen molar-refractivity contribution in [3.63, 3.8) is 0 Å². The molecule has 2 aliphatic rings. The Morgan fingerprint density at radius 2 is 2.18 bits per heavy atom. The van der Waals surface area contributed by atoms with Gasteiger partial charge < -0.3 is 14.7 Å². The molecule has 2 aromatic heterocycles. The number of likely N-dealkylation sites (tertiary alicyclic amines) is 1. The van der Waals surface area contributed by atoms with E-state index in [1.54, 1.807) is 6.92 Å². The fraction of sp³-hybridized carbons (Fsp3) is 0.571. The molecule has 150 valence electrons. The molecule has 1 N–H and O–H groups in total. The second-order valence-corrected chi connectivity index (χ2v) is 8.07. The molecule has 4 rings (SSSR count). The number of amides is 1. The number of aromatic nitrogens is 2. The summed E-state index contributed by atoms with van der Waals surface area (Å²) in [6.07, 6.45) is 5.45. The SMILES string of the molecule is CC(=O)Nc1cccnc1N1CCCC[C@@H]2CN(Cc3c(C)noc3C)C[C@@H]21. The zero-order valence-corrected chi connectivity index (χ0v) is 16.9. The average molecular weight is 383 g/mol. The van der Waals surface area contributed by atoms with Gasteiger partial charge in [0.1, 0.15) is 5.76 Å². The molecule has 2 fully saturated rings. The van der Waals surface area contributed by atoms with Gasteiger partial charge in [-0.15, -0.1) is 0 Å². The van der Waals surface area contributed by atoms with Crippen LogP contribution in [0, 0.1) is 19.8 Å². The molecule has 2 aliphatic heterocycles. The summed E-state index contributed by atoms with van der Waals surface area (Å²) < 4.78 is 5.35. The first-order valence-electron chi connectivity index (χ1n) is 10.2. The fourth-order valence-corrected chi connectivity index (χ4v) is 4.69. The Kier molecular flexibility index (Phi) is 5.35. The Labute approximate surface area is 166 Å². The van der Waals surface area contributed by atoms with Crippen LogP contribution in [0.4, 0.5) is 11.5 Å². The van der Waals surface area contributed by atoms with Crippen LogP contribution in [0.15, 0.2) is 22.9 Å². The standard InChI is InChI=1S/C21H29N5O2/c1-14-18(15(2)28-24-14)12-25-11-17-7-4-5-10-26(20(17)13-25)21-19(23-16(3)27)8-6-9-22-21/h6,8-9,17,20H,4-5,7,10-13H2,1-3H3,(H,23,27)/t17-,20+/m1/s1. The third-order valence-corrected chi connectivity index (χ3v) is 6.04. The van der Waals surface area contributed by atoms with Gasteiger partial charge in [-0.1, -0.05) is 11.6 Å². The Morgan fingerprint density at radius 3 is 2.93 bits per heavy atom. The van der Waals surface area contributed by atoms with Gasteiger partial charge in [0.15, 0.2) is 5.82 Å². The highest BCUT2D eigenvalue weighted by Gasteiger charge is 2.39. The molecule has 0 spiro atoms. The first-order chi connectivity index (χ1) is 13.5. The van der Waals surface area contributed by atoms with E-state index in [4.69, 9.17) is 4.52 Å². The lowest BCUT2D eigenvalue weighted by Crippen LogP contribution is -2.41. The van der Waals surface area contributed by atoms with E-state index < -0.39 is 0 Å². The highest BCUT2D eigenvalue weighted by atomic mass is 16.5. The van der Waals surface area contributed by atoms with Gasteiger partial charge >= 0.3 is 0 Å². The number of aryl methyl sites for hydroxylation is 2. The van der Waals surface area contributed by atoms with Crippen molar-refractivity contribution in [3.05, 3.63) is 35.3 Å². The number of fused-ring (bicyclic) bond motifs is 1. The Bertz CT molecular complexity index is 830. The van der Waals surface area contributed by atoms with E-state index in [2.05, 4.69) is 25.3 Å². The van der Waals surface area contributed by atoms with Crippen LogP contribution in [0.3, 0.4) is 0 Å². The molecule has 2 atom stereocenters. The number of rotatable bonds is 4. The quantitative estimate of drug-likeness (QED) is 0.874. The molecule has 1 amide bonds. The van der Waals surface area contributed by atoms with Crippen LogP contribution in [0.25, 0.3) is 0 Å². The highest BCUT2D eigenvalue weighted by molar-refractivity contribution is 5.92. The van der Waals surface area contributed by atoms with Crippen molar-refractivity contribution in [2.75, 3.05) is 29.9 Å². The molecule has 0 saturated carbocycles. The van der Waals surface area contributed by atoms with Crippen LogP contribution in [-0.2, 0) is 11.3 Å². The van der Waals surface area contributed by atoms with E-state index >= 15 is 0 Å². The maximum atomic E-state index is 11.7. The van der Waals surface area contributed by atoms with Crippen molar-refractivity contribution in [1.82, 2.24) is 15.0 Å². The summed E-state index contributed by atoms with van der Waals surface area (Å²) in [5, 5.41) is 7.06. The second kappa shape index (κ2) is 7.91. The highest BCUT2D eigenvalue weighted by Crippen LogP contribution is 2.36. The summed E-state index contributed by atoms with van der Waals surface area (Å²) in [6, 6.07) is 4.23. The van der Waals surface area contributed by atoms with Gasteiger partial charge in [0.25, 0.3) is 0 Å². The molecule has 0 radical (unpaired) electrons. The summed E-state index contributed by atoms with van der Waals surface area (Å²) in [4.78, 5) is 21.3. The Balaban J connectivity index is 1.57. The number of hydrogen-bond acceptors (Lipinski definition) is 6. The first kappa shape index (κ1) is 18.9. The maximum Gasteiger partial charge on any atom is 0.221 e. The number of nitrogens with one attached hydrogen (secondary N) is 1. The molecule has 4 heterocycles. The Morgan fingerprint density at radius 1 is 1.32 bits per heavy atom. The van der Waals surface area contributed by atoms with E-state index in [0.717, 1.165) is 55.6 Å². The van der Waals surface area contributed by atoms with Crippen LogP contribution >= 0.6 is 0 Å². The van der Waals surface area contributed by atoms with Crippen molar-refractivity contribution < 1.29 is 9.32 Å². The van der Waals surface area contributed by atoms with Gasteiger partial charge in [0.05, 0.1) is 11.4 Å². The fourth-order valence-electron chi connectivity index (χ4n) is 4.69. The number of hydrogen-bond donors (Lipinski definition) is 1. The van der Waals surface area contributed by atoms with Crippen molar-refractivity contribution in [1.29, 1.82) is 0 Å². The lowest BCUT2D eigenvalue weighted by atomic mass is 9.98. The summed E-state index contributed by atoms with van der Waals surface area (Å²) in [6.45, 7) is 9.47. The van der Waals surface area contributed by atoms with E-state index in [1.165, 1.54) is 18.4 Å². The van der Waals surface area contributed by atoms with Gasteiger partial charge in [-0.05, 0) is 44.7 Å². The van der Waals surface area contributed by atoms with E-state index in [1.807, 2.05) is 32.2 Å². The van der Waals surface area contributed by atoms with Gasteiger partial charge in [-0.2, -0.15) is 0 Å². The lowest BCUT2D eigenvalue weighted by Gasteiger charge is -2.32. The van der Waals surface area contributed by atoms with E-state index in [9.17, 15) is 4.79 Å². The van der Waals surface area contributed by atoms with Crippen molar-refractivity contribution in [2.45, 2.75) is 52.6 Å². The monoisotopic (exact) mass is 383 g/mol. The summed E-state index contributed by atoms with van der Waals surface area (Å²) in [5.41, 5.74) is 3.00. The zero-order valence-electron chi connectivity index (χ0n) is 16.9. The second-order valence-electron chi connectivity index (χ2n) is 8.07. The maximum absolute atomic E-state index is 11.7. The molecule has 28 heavy (non-hydrogen) atoms. The summed E-state index contributed by atoms with van der Waals surface area (Å²) in [7, 11) is 0. The van der Waals surface area contributed by atoms with E-state index in [0.29, 0.717) is 12.0 Å². The van der Waals surface area contributed by atoms with Crippen LogP contribution in [0.5, 0.6) is 0 Å². The van der Waals surface area contributed by atoms with Gasteiger partial charge in [0, 0.05) is 50.9 Å². The normalized spacial score (nSPS) is 22.8. The topological polar surface area (TPSA) is 74.5 Å². The van der Waals surface area contributed by atoms with Crippen LogP contribution in [0.2, 0.25) is 0 Å². The van der Waals surface area contributed by atoms with Crippen molar-refractivity contribution >= 4 is 17.4 Å². The van der Waals surface area contributed by atoms with Crippen LogP contribution < -0.4 is 10.2 Å². The lowest BCUT2D eigenvalue weighted by molar-refractivity contribution is -0.114. The van der Waals surface area contributed by atoms with Crippen molar-refractivity contribution in [2.24, 2.45) is 5.92 Å². The molecule has 0 bridgehead atoms. The number of carbonyl (C=O) groups is 1. The Hall–Kier alpha value is -2.41. The molecule has 7 nitrogen and oxygen atoms in total. The number of anilines is 2. The minimum absolute atomic E-state index is 0.0629. The molecular weight excluding hydrogens is 354 g/mol.